The van der Waals surface area contributed by atoms with Gasteiger partial charge >= 0.3 is 11.9 Å². The lowest BCUT2D eigenvalue weighted by molar-refractivity contribution is 0.0602. The number of fused-ring (bicyclic) bond motifs is 4. The van der Waals surface area contributed by atoms with E-state index in [0.29, 0.717) is 41.0 Å². The van der Waals surface area contributed by atoms with Crippen LogP contribution in [0.25, 0.3) is 32.5 Å². The summed E-state index contributed by atoms with van der Waals surface area (Å²) < 4.78 is 12.9. The van der Waals surface area contributed by atoms with E-state index in [-0.39, 0.29) is 5.56 Å². The van der Waals surface area contributed by atoms with E-state index >= 15 is 0 Å². The number of aromatic nitrogens is 2. The third-order valence-corrected chi connectivity index (χ3v) is 6.90. The van der Waals surface area contributed by atoms with Crippen molar-refractivity contribution in [1.82, 2.24) is 9.78 Å². The Morgan fingerprint density at radius 1 is 1.21 bits per heavy atom. The number of hydrogen-bond acceptors (Lipinski definition) is 6. The highest BCUT2D eigenvalue weighted by molar-refractivity contribution is 7.13. The number of esters is 1. The minimum atomic E-state index is -1.08. The highest BCUT2D eigenvalue weighted by Gasteiger charge is 2.26. The molecule has 0 radical (unpaired) electrons. The molecular formula is C25H22N2O5S. The molecule has 1 aliphatic heterocycles. The Morgan fingerprint density at radius 3 is 2.82 bits per heavy atom. The number of carbonyl (C=O) groups excluding carboxylic acids is 1. The maximum absolute atomic E-state index is 12.9. The van der Waals surface area contributed by atoms with Crippen LogP contribution < -0.4 is 4.74 Å². The molecule has 8 heteroatoms. The van der Waals surface area contributed by atoms with Gasteiger partial charge in [-0.15, -0.1) is 11.3 Å². The van der Waals surface area contributed by atoms with Gasteiger partial charge in [-0.05, 0) is 47.2 Å². The van der Waals surface area contributed by atoms with Crippen molar-refractivity contribution in [3.05, 3.63) is 58.6 Å². The molecule has 1 aliphatic rings. The molecule has 3 heterocycles. The first kappa shape index (κ1) is 21.2. The number of aromatic carboxylic acids is 1. The van der Waals surface area contributed by atoms with Crippen molar-refractivity contribution < 1.29 is 24.2 Å². The van der Waals surface area contributed by atoms with Gasteiger partial charge in [-0.25, -0.2) is 9.59 Å². The van der Waals surface area contributed by atoms with E-state index in [1.807, 2.05) is 22.2 Å². The van der Waals surface area contributed by atoms with Crippen LogP contribution >= 0.6 is 11.3 Å². The Kier molecular flexibility index (Phi) is 5.38. The molecule has 2 aromatic carbocycles. The van der Waals surface area contributed by atoms with Crippen LogP contribution in [0.15, 0.2) is 41.9 Å². The molecule has 0 atom stereocenters. The zero-order valence-corrected chi connectivity index (χ0v) is 19.1. The molecule has 0 saturated carbocycles. The number of thiophene rings is 1. The van der Waals surface area contributed by atoms with Gasteiger partial charge in [-0.1, -0.05) is 13.0 Å². The number of carboxylic acids is 1. The summed E-state index contributed by atoms with van der Waals surface area (Å²) in [4.78, 5) is 26.3. The highest BCUT2D eigenvalue weighted by Crippen LogP contribution is 2.44. The van der Waals surface area contributed by atoms with Gasteiger partial charge in [0.2, 0.25) is 0 Å². The second-order valence-corrected chi connectivity index (χ2v) is 8.77. The quantitative estimate of drug-likeness (QED) is 0.407. The number of carbonyl (C=O) groups is 2. The first-order valence-corrected chi connectivity index (χ1v) is 11.6. The molecule has 0 fully saturated rings. The summed E-state index contributed by atoms with van der Waals surface area (Å²) in [6.07, 6.45) is 3.28. The van der Waals surface area contributed by atoms with Crippen LogP contribution in [0.3, 0.4) is 0 Å². The molecule has 168 valence electrons. The standard InChI is InChI=1S/C25H22N2O5S/c1-3-8-27-20-5-4-15(22(25(30)31-2)19(20)13-26-27)16-12-21-18(11-17(16)24(28)29)23-14(6-9-32-21)7-10-33-23/h4-5,7,10-13H,3,6,8-9H2,1-2H3,(H,28,29). The van der Waals surface area contributed by atoms with E-state index in [4.69, 9.17) is 9.47 Å². The SMILES string of the molecule is CCCn1ncc2c(C(=O)OC)c(-c3cc4c(cc3C(=O)O)-c3sccc3CCO4)ccc21. The van der Waals surface area contributed by atoms with Gasteiger partial charge in [0.1, 0.15) is 5.75 Å². The fourth-order valence-corrected chi connectivity index (χ4v) is 5.38. The van der Waals surface area contributed by atoms with Crippen molar-refractivity contribution >= 4 is 34.2 Å². The minimum Gasteiger partial charge on any atom is -0.493 e. The zero-order chi connectivity index (χ0) is 23.1. The topological polar surface area (TPSA) is 90.7 Å². The number of rotatable bonds is 5. The molecule has 0 aliphatic carbocycles. The van der Waals surface area contributed by atoms with Crippen LogP contribution in [0.4, 0.5) is 0 Å². The number of methoxy groups -OCH3 is 1. The van der Waals surface area contributed by atoms with Crippen molar-refractivity contribution in [3.8, 4) is 27.3 Å². The van der Waals surface area contributed by atoms with E-state index in [2.05, 4.69) is 12.0 Å². The van der Waals surface area contributed by atoms with Crippen molar-refractivity contribution in [1.29, 1.82) is 0 Å². The van der Waals surface area contributed by atoms with Gasteiger partial charge in [-0.3, -0.25) is 4.68 Å². The average Bonchev–Trinajstić information content (AvgIpc) is 3.41. The third kappa shape index (κ3) is 3.47. The molecule has 2 aromatic heterocycles. The Bertz CT molecular complexity index is 1400. The zero-order valence-electron chi connectivity index (χ0n) is 18.3. The highest BCUT2D eigenvalue weighted by atomic mass is 32.1. The minimum absolute atomic E-state index is 0.101. The molecule has 4 aromatic rings. The fourth-order valence-electron chi connectivity index (χ4n) is 4.41. The summed E-state index contributed by atoms with van der Waals surface area (Å²) in [5, 5.41) is 17.2. The van der Waals surface area contributed by atoms with Crippen molar-refractivity contribution in [2.45, 2.75) is 26.3 Å². The maximum Gasteiger partial charge on any atom is 0.339 e. The summed E-state index contributed by atoms with van der Waals surface area (Å²) in [7, 11) is 1.32. The van der Waals surface area contributed by atoms with Gasteiger partial charge in [0.25, 0.3) is 0 Å². The Balaban J connectivity index is 1.79. The molecular weight excluding hydrogens is 440 g/mol. The van der Waals surface area contributed by atoms with Crippen LogP contribution in [0.5, 0.6) is 5.75 Å². The normalized spacial score (nSPS) is 12.5. The van der Waals surface area contributed by atoms with E-state index in [9.17, 15) is 14.7 Å². The van der Waals surface area contributed by atoms with E-state index in [0.717, 1.165) is 34.4 Å². The number of benzene rings is 2. The maximum atomic E-state index is 12.9. The third-order valence-electron chi connectivity index (χ3n) is 5.91. The van der Waals surface area contributed by atoms with Crippen LogP contribution in [0, 0.1) is 0 Å². The molecule has 0 saturated heterocycles. The van der Waals surface area contributed by atoms with Gasteiger partial charge in [0, 0.05) is 34.4 Å². The molecule has 1 N–H and O–H groups in total. The first-order chi connectivity index (χ1) is 16.0. The lowest BCUT2D eigenvalue weighted by Crippen LogP contribution is -2.08. The number of nitrogens with zero attached hydrogens (tertiary/aromatic N) is 2. The average molecular weight is 463 g/mol. The monoisotopic (exact) mass is 462 g/mol. The Morgan fingerprint density at radius 2 is 2.06 bits per heavy atom. The molecule has 0 unspecified atom stereocenters. The Labute approximate surface area is 194 Å². The summed E-state index contributed by atoms with van der Waals surface area (Å²) in [5.41, 5.74) is 3.98. The van der Waals surface area contributed by atoms with Crippen LogP contribution in [-0.4, -0.2) is 40.5 Å². The van der Waals surface area contributed by atoms with Gasteiger partial charge in [0.05, 0.1) is 36.6 Å². The number of carboxylic acid groups (broad SMARTS) is 1. The second-order valence-electron chi connectivity index (χ2n) is 7.85. The van der Waals surface area contributed by atoms with Crippen molar-refractivity contribution in [3.63, 3.8) is 0 Å². The molecule has 0 amide bonds. The number of aryl methyl sites for hydroxylation is 1. The fraction of sp³-hybridized carbons (Fsp3) is 0.240. The first-order valence-electron chi connectivity index (χ1n) is 10.7. The van der Waals surface area contributed by atoms with Gasteiger partial charge < -0.3 is 14.6 Å². The van der Waals surface area contributed by atoms with Crippen LogP contribution in [0.1, 0.15) is 39.6 Å². The largest absolute Gasteiger partial charge is 0.493 e. The lowest BCUT2D eigenvalue weighted by atomic mass is 9.91. The van der Waals surface area contributed by atoms with Crippen molar-refractivity contribution in [2.24, 2.45) is 0 Å². The number of hydrogen-bond donors (Lipinski definition) is 1. The van der Waals surface area contributed by atoms with Crippen molar-refractivity contribution in [2.75, 3.05) is 13.7 Å². The molecule has 33 heavy (non-hydrogen) atoms. The second kappa shape index (κ2) is 8.37. The molecule has 0 bridgehead atoms. The van der Waals surface area contributed by atoms with Gasteiger partial charge in [0.15, 0.2) is 0 Å². The van der Waals surface area contributed by atoms with Gasteiger partial charge in [-0.2, -0.15) is 5.10 Å². The molecule has 0 spiro atoms. The van der Waals surface area contributed by atoms with E-state index < -0.39 is 11.9 Å². The predicted octanol–water partition coefficient (Wildman–Crippen LogP) is 5.26. The van der Waals surface area contributed by atoms with Crippen LogP contribution in [0.2, 0.25) is 0 Å². The predicted molar refractivity (Wildman–Crippen MR) is 126 cm³/mol. The number of ether oxygens (including phenoxy) is 2. The summed E-state index contributed by atoms with van der Waals surface area (Å²) >= 11 is 1.57. The summed E-state index contributed by atoms with van der Waals surface area (Å²) in [5.74, 6) is -1.01. The molecule has 5 rings (SSSR count). The summed E-state index contributed by atoms with van der Waals surface area (Å²) in [6.45, 7) is 3.26. The lowest BCUT2D eigenvalue weighted by Gasteiger charge is -2.16. The van der Waals surface area contributed by atoms with Crippen LogP contribution in [-0.2, 0) is 17.7 Å². The molecule has 7 nitrogen and oxygen atoms in total. The summed E-state index contributed by atoms with van der Waals surface area (Å²) in [6, 6.07) is 9.07. The smallest absolute Gasteiger partial charge is 0.339 e. The Hall–Kier alpha value is -3.65. The van der Waals surface area contributed by atoms with E-state index in [1.165, 1.54) is 7.11 Å². The van der Waals surface area contributed by atoms with E-state index in [1.54, 1.807) is 35.7 Å².